The van der Waals surface area contributed by atoms with Crippen LogP contribution in [-0.2, 0) is 28.2 Å². The smallest absolute Gasteiger partial charge is 0.462 e. The van der Waals surface area contributed by atoms with Crippen molar-refractivity contribution in [1.29, 1.82) is 0 Å². The lowest BCUT2D eigenvalue weighted by molar-refractivity contribution is -0.161. The molecule has 0 rings (SSSR count). The number of allylic oxidation sites excluding steroid dienone is 22. The molecule has 0 bridgehead atoms. The van der Waals surface area contributed by atoms with Gasteiger partial charge in [-0.1, -0.05) is 160 Å². The van der Waals surface area contributed by atoms with Crippen LogP contribution in [0.5, 0.6) is 0 Å². The first-order valence-corrected chi connectivity index (χ1v) is 21.8. The fraction of sp³-hybridized carbons (Fsp3) is 0.447. The molecule has 0 aliphatic rings. The van der Waals surface area contributed by atoms with E-state index < -0.39 is 38.6 Å². The summed E-state index contributed by atoms with van der Waals surface area (Å²) >= 11 is 0. The first-order valence-electron chi connectivity index (χ1n) is 20.2. The number of aliphatic hydroxyl groups is 1. The lowest BCUT2D eigenvalue weighted by Gasteiger charge is -2.18. The van der Waals surface area contributed by atoms with Crippen molar-refractivity contribution in [3.63, 3.8) is 0 Å². The van der Waals surface area contributed by atoms with Crippen LogP contribution < -0.4 is 0 Å². The quantitative estimate of drug-likeness (QED) is 0.0251. The summed E-state index contributed by atoms with van der Waals surface area (Å²) < 4.78 is 26.2. The maximum Gasteiger partial charge on any atom is 0.469 e. The van der Waals surface area contributed by atoms with Crippen molar-refractivity contribution in [3.05, 3.63) is 146 Å². The van der Waals surface area contributed by atoms with Crippen molar-refractivity contribution in [2.75, 3.05) is 13.2 Å². The predicted octanol–water partition coefficient (Wildman–Crippen LogP) is 11.5. The van der Waals surface area contributed by atoms with Gasteiger partial charge in [-0.05, 0) is 83.5 Å². The zero-order valence-corrected chi connectivity index (χ0v) is 35.2. The molecule has 10 heteroatoms. The first-order chi connectivity index (χ1) is 27.7. The number of carbonyl (C=O) groups excluding carboxylic acids is 2. The number of aliphatic hydroxyl groups excluding tert-OH is 1. The number of rotatable bonds is 34. The molecule has 9 nitrogen and oxygen atoms in total. The van der Waals surface area contributed by atoms with Gasteiger partial charge in [-0.15, -0.1) is 0 Å². The van der Waals surface area contributed by atoms with Gasteiger partial charge in [0.25, 0.3) is 0 Å². The SMILES string of the molecule is CC/C=C\C/C=C\C/C=C\C/C=C\C/C=C\C/C=C\CCC(=O)O[C@H](COC(=O)CC/C=C\C/C=C\C/C=C\C=C\C(O)C/C=C\C/C=C\CC)COP(=O)(O)O. The fourth-order valence-corrected chi connectivity index (χ4v) is 4.87. The molecule has 0 amide bonds. The lowest BCUT2D eigenvalue weighted by Crippen LogP contribution is -2.29. The normalized spacial score (nSPS) is 14.5. The summed E-state index contributed by atoms with van der Waals surface area (Å²) in [5.41, 5.74) is 0. The molecule has 0 aromatic heterocycles. The van der Waals surface area contributed by atoms with E-state index in [0.717, 1.165) is 57.8 Å². The van der Waals surface area contributed by atoms with Gasteiger partial charge in [0.15, 0.2) is 6.10 Å². The van der Waals surface area contributed by atoms with Gasteiger partial charge in [-0.3, -0.25) is 14.1 Å². The lowest BCUT2D eigenvalue weighted by atomic mass is 10.2. The van der Waals surface area contributed by atoms with E-state index in [1.54, 1.807) is 6.08 Å². The summed E-state index contributed by atoms with van der Waals surface area (Å²) in [6.07, 6.45) is 57.6. The van der Waals surface area contributed by atoms with Crippen molar-refractivity contribution in [2.45, 2.75) is 122 Å². The van der Waals surface area contributed by atoms with E-state index in [9.17, 15) is 19.3 Å². The van der Waals surface area contributed by atoms with Crippen molar-refractivity contribution in [2.24, 2.45) is 0 Å². The van der Waals surface area contributed by atoms with Crippen molar-refractivity contribution < 1.29 is 43.0 Å². The highest BCUT2D eigenvalue weighted by Gasteiger charge is 2.22. The molecule has 0 aliphatic carbocycles. The third-order valence-electron chi connectivity index (χ3n) is 7.46. The Bertz CT molecular complexity index is 1430. The van der Waals surface area contributed by atoms with Gasteiger partial charge < -0.3 is 24.4 Å². The number of carbonyl (C=O) groups is 2. The molecule has 0 aromatic carbocycles. The standard InChI is InChI=1S/C47H69O9P/c1-3-5-7-9-11-12-13-14-15-16-17-18-19-20-21-26-29-33-37-41-47(50)56-45(43-55-57(51,52)53)42-54-46(49)40-36-32-28-25-23-22-24-27-31-35-39-44(48)38-34-30-10-8-6-4-2/h5-8,11-12,14-15,17-18,20-23,27-35,39,44-45,48H,3-4,9-10,13,16,19,24-26,36-38,40-43H2,1-2H3,(H2,51,52,53)/b7-5-,8-6-,12-11-,15-14-,18-17-,21-20-,23-22-,31-27-,32-28-,33-29-,34-30-,39-35+/t44?,45-/m1/s1. The molecule has 1 unspecified atom stereocenters. The fourth-order valence-electron chi connectivity index (χ4n) is 4.51. The van der Waals surface area contributed by atoms with E-state index >= 15 is 0 Å². The average Bonchev–Trinajstić information content (AvgIpc) is 3.18. The molecule has 57 heavy (non-hydrogen) atoms. The second-order valence-electron chi connectivity index (χ2n) is 12.7. The topological polar surface area (TPSA) is 140 Å². The Morgan fingerprint density at radius 2 is 0.930 bits per heavy atom. The molecule has 0 heterocycles. The second kappa shape index (κ2) is 40.1. The average molecular weight is 809 g/mol. The molecule has 316 valence electrons. The Balaban J connectivity index is 4.29. The molecule has 2 atom stereocenters. The summed E-state index contributed by atoms with van der Waals surface area (Å²) in [5.74, 6) is -1.13. The summed E-state index contributed by atoms with van der Waals surface area (Å²) in [5, 5.41) is 9.97. The van der Waals surface area contributed by atoms with Crippen LogP contribution >= 0.6 is 7.82 Å². The van der Waals surface area contributed by atoms with Crippen LogP contribution in [0.4, 0.5) is 0 Å². The highest BCUT2D eigenvalue weighted by atomic mass is 31.2. The Labute approximate surface area is 343 Å². The third-order valence-corrected chi connectivity index (χ3v) is 7.95. The van der Waals surface area contributed by atoms with E-state index in [1.165, 1.54) is 0 Å². The second-order valence-corrected chi connectivity index (χ2v) is 13.9. The van der Waals surface area contributed by atoms with Gasteiger partial charge in [0.2, 0.25) is 0 Å². The van der Waals surface area contributed by atoms with Crippen molar-refractivity contribution in [1.82, 2.24) is 0 Å². The van der Waals surface area contributed by atoms with E-state index in [2.05, 4.69) is 91.3 Å². The Morgan fingerprint density at radius 1 is 0.526 bits per heavy atom. The Hall–Kier alpha value is -4.11. The molecular weight excluding hydrogens is 739 g/mol. The van der Waals surface area contributed by atoms with Gasteiger partial charge >= 0.3 is 19.8 Å². The number of esters is 2. The van der Waals surface area contributed by atoms with E-state index in [4.69, 9.17) is 19.3 Å². The number of ether oxygens (including phenoxy) is 2. The summed E-state index contributed by atoms with van der Waals surface area (Å²) in [6.45, 7) is 3.23. The van der Waals surface area contributed by atoms with Gasteiger partial charge in [0, 0.05) is 12.8 Å². The van der Waals surface area contributed by atoms with Gasteiger partial charge in [0.1, 0.15) is 6.61 Å². The maximum atomic E-state index is 12.4. The number of hydrogen-bond acceptors (Lipinski definition) is 7. The van der Waals surface area contributed by atoms with Crippen LogP contribution in [0.1, 0.15) is 110 Å². The van der Waals surface area contributed by atoms with Crippen LogP contribution in [0.2, 0.25) is 0 Å². The minimum atomic E-state index is -4.81. The van der Waals surface area contributed by atoms with Crippen molar-refractivity contribution in [3.8, 4) is 0 Å². The molecule has 0 aromatic rings. The summed E-state index contributed by atoms with van der Waals surface area (Å²) in [7, 11) is -4.81. The maximum absolute atomic E-state index is 12.4. The number of phosphoric acid groups is 1. The third kappa shape index (κ3) is 42.9. The van der Waals surface area contributed by atoms with Crippen LogP contribution in [0.3, 0.4) is 0 Å². The molecule has 3 N–H and O–H groups in total. The van der Waals surface area contributed by atoms with Crippen molar-refractivity contribution >= 4 is 19.8 Å². The highest BCUT2D eigenvalue weighted by molar-refractivity contribution is 7.46. The molecule has 0 spiro atoms. The molecule has 0 fully saturated rings. The van der Waals surface area contributed by atoms with Gasteiger partial charge in [-0.25, -0.2) is 4.57 Å². The molecule has 0 radical (unpaired) electrons. The van der Waals surface area contributed by atoms with Crippen LogP contribution in [0.15, 0.2) is 146 Å². The summed E-state index contributed by atoms with van der Waals surface area (Å²) in [6, 6.07) is 0. The number of hydrogen-bond donors (Lipinski definition) is 3. The minimum absolute atomic E-state index is 0.0506. The molecule has 0 saturated heterocycles. The minimum Gasteiger partial charge on any atom is -0.462 e. The van der Waals surface area contributed by atoms with E-state index in [-0.39, 0.29) is 19.4 Å². The zero-order valence-electron chi connectivity index (χ0n) is 34.3. The van der Waals surface area contributed by atoms with Crippen LogP contribution in [0.25, 0.3) is 0 Å². The summed E-state index contributed by atoms with van der Waals surface area (Å²) in [4.78, 5) is 42.8. The number of phosphoric ester groups is 1. The monoisotopic (exact) mass is 808 g/mol. The molecule has 0 aliphatic heterocycles. The molecular formula is C47H69O9P. The predicted molar refractivity (Wildman–Crippen MR) is 235 cm³/mol. The zero-order chi connectivity index (χ0) is 41.9. The van der Waals surface area contributed by atoms with Crippen LogP contribution in [-0.4, -0.2) is 52.3 Å². The van der Waals surface area contributed by atoms with E-state index in [1.807, 2.05) is 66.8 Å². The molecule has 0 saturated carbocycles. The van der Waals surface area contributed by atoms with Gasteiger partial charge in [0.05, 0.1) is 12.7 Å². The largest absolute Gasteiger partial charge is 0.469 e. The Kier molecular flexibility index (Phi) is 37.2. The Morgan fingerprint density at radius 3 is 1.39 bits per heavy atom. The van der Waals surface area contributed by atoms with E-state index in [0.29, 0.717) is 25.7 Å². The van der Waals surface area contributed by atoms with Gasteiger partial charge in [-0.2, -0.15) is 0 Å². The highest BCUT2D eigenvalue weighted by Crippen LogP contribution is 2.35. The first kappa shape index (κ1) is 52.9. The van der Waals surface area contributed by atoms with Crippen LogP contribution in [0, 0.1) is 0 Å².